The Morgan fingerprint density at radius 1 is 1.00 bits per heavy atom. The van der Waals surface area contributed by atoms with Crippen molar-refractivity contribution in [3.05, 3.63) is 54.1 Å². The molecule has 26 heavy (non-hydrogen) atoms. The van der Waals surface area contributed by atoms with Crippen molar-refractivity contribution >= 4 is 35.0 Å². The third kappa shape index (κ3) is 5.22. The van der Waals surface area contributed by atoms with Gasteiger partial charge in [0.1, 0.15) is 17.2 Å². The third-order valence-electron chi connectivity index (χ3n) is 3.44. The Kier molecular flexibility index (Phi) is 6.99. The highest BCUT2D eigenvalue weighted by atomic mass is 32.1. The summed E-state index contributed by atoms with van der Waals surface area (Å²) < 4.78 is 15.7. The second-order valence-electron chi connectivity index (χ2n) is 5.08. The van der Waals surface area contributed by atoms with Gasteiger partial charge in [-0.2, -0.15) is 0 Å². The van der Waals surface area contributed by atoms with Crippen molar-refractivity contribution in [1.29, 1.82) is 0 Å². The van der Waals surface area contributed by atoms with Crippen molar-refractivity contribution in [2.24, 2.45) is 0 Å². The minimum atomic E-state index is -0.365. The van der Waals surface area contributed by atoms with Gasteiger partial charge < -0.3 is 19.5 Å². The number of anilines is 1. The summed E-state index contributed by atoms with van der Waals surface area (Å²) in [6, 6.07) is 12.6. The first-order chi connectivity index (χ1) is 12.6. The number of amides is 1. The van der Waals surface area contributed by atoms with Gasteiger partial charge in [0.15, 0.2) is 5.11 Å². The molecular weight excluding hydrogens is 352 g/mol. The molecule has 2 N–H and O–H groups in total. The zero-order valence-electron chi connectivity index (χ0n) is 14.7. The number of methoxy groups -OCH3 is 3. The maximum absolute atomic E-state index is 12.1. The lowest BCUT2D eigenvalue weighted by Crippen LogP contribution is -2.32. The first-order valence-corrected chi connectivity index (χ1v) is 8.13. The van der Waals surface area contributed by atoms with Gasteiger partial charge in [0.25, 0.3) is 0 Å². The summed E-state index contributed by atoms with van der Waals surface area (Å²) in [6.07, 6.45) is 3.04. The molecule has 7 heteroatoms. The fraction of sp³-hybridized carbons (Fsp3) is 0.158. The summed E-state index contributed by atoms with van der Waals surface area (Å²) in [7, 11) is 4.69. The summed E-state index contributed by atoms with van der Waals surface area (Å²) >= 11 is 5.18. The molecule has 0 bridgehead atoms. The number of carbonyl (C=O) groups excluding carboxylic acids is 1. The molecule has 1 amide bonds. The highest BCUT2D eigenvalue weighted by Crippen LogP contribution is 2.28. The van der Waals surface area contributed by atoms with Crippen LogP contribution in [0.15, 0.2) is 48.5 Å². The van der Waals surface area contributed by atoms with E-state index < -0.39 is 0 Å². The minimum absolute atomic E-state index is 0.145. The predicted molar refractivity (Wildman–Crippen MR) is 106 cm³/mol. The number of ether oxygens (including phenoxy) is 3. The molecule has 0 aliphatic heterocycles. The van der Waals surface area contributed by atoms with Gasteiger partial charge >= 0.3 is 0 Å². The van der Waals surface area contributed by atoms with Crippen LogP contribution in [0.5, 0.6) is 17.2 Å². The molecule has 0 unspecified atom stereocenters. The number of hydrogen-bond donors (Lipinski definition) is 2. The summed E-state index contributed by atoms with van der Waals surface area (Å²) in [4.78, 5) is 12.1. The summed E-state index contributed by atoms with van der Waals surface area (Å²) in [5.41, 5.74) is 1.38. The van der Waals surface area contributed by atoms with E-state index in [0.717, 1.165) is 5.56 Å². The molecule has 0 fully saturated rings. The van der Waals surface area contributed by atoms with Gasteiger partial charge in [-0.05, 0) is 36.5 Å². The Labute approximate surface area is 157 Å². The maximum atomic E-state index is 12.1. The molecular formula is C19H20N2O4S. The molecule has 0 atom stereocenters. The molecule has 0 aliphatic carbocycles. The zero-order valence-corrected chi connectivity index (χ0v) is 15.6. The van der Waals surface area contributed by atoms with E-state index in [-0.39, 0.29) is 11.0 Å². The average Bonchev–Trinajstić information content (AvgIpc) is 2.66. The molecule has 2 rings (SSSR count). The molecule has 6 nitrogen and oxygen atoms in total. The van der Waals surface area contributed by atoms with Crippen LogP contribution in [0.2, 0.25) is 0 Å². The maximum Gasteiger partial charge on any atom is 0.250 e. The van der Waals surface area contributed by atoms with E-state index in [9.17, 15) is 4.79 Å². The van der Waals surface area contributed by atoms with Crippen LogP contribution in [0.1, 0.15) is 5.56 Å². The van der Waals surface area contributed by atoms with Crippen LogP contribution in [0, 0.1) is 0 Å². The van der Waals surface area contributed by atoms with Crippen molar-refractivity contribution in [2.45, 2.75) is 0 Å². The molecule has 0 heterocycles. The van der Waals surface area contributed by atoms with Crippen LogP contribution in [0.25, 0.3) is 6.08 Å². The number of nitrogens with one attached hydrogen (secondary N) is 2. The standard InChI is InChI=1S/C19H20N2O4S/c1-23-14-9-10-17(25-3)15(12-14)20-19(26)21-18(22)11-8-13-6-4-5-7-16(13)24-2/h4-12H,1-3H3,(H2,20,21,22,26). The lowest BCUT2D eigenvalue weighted by molar-refractivity contribution is -0.115. The molecule has 0 radical (unpaired) electrons. The molecule has 0 saturated heterocycles. The van der Waals surface area contributed by atoms with Crippen LogP contribution >= 0.6 is 12.2 Å². The van der Waals surface area contributed by atoms with Crippen molar-refractivity contribution in [2.75, 3.05) is 26.6 Å². The molecule has 0 saturated carbocycles. The van der Waals surface area contributed by atoms with Crippen LogP contribution in [-0.2, 0) is 4.79 Å². The molecule has 2 aromatic carbocycles. The molecule has 2 aromatic rings. The Bertz CT molecular complexity index is 821. The Morgan fingerprint density at radius 3 is 2.42 bits per heavy atom. The lowest BCUT2D eigenvalue weighted by atomic mass is 10.2. The summed E-state index contributed by atoms with van der Waals surface area (Å²) in [5, 5.41) is 5.65. The average molecular weight is 372 g/mol. The van der Waals surface area contributed by atoms with Gasteiger partial charge in [-0.3, -0.25) is 10.1 Å². The van der Waals surface area contributed by atoms with E-state index in [2.05, 4.69) is 10.6 Å². The Morgan fingerprint density at radius 2 is 1.73 bits per heavy atom. The van der Waals surface area contributed by atoms with Crippen molar-refractivity contribution in [3.8, 4) is 17.2 Å². The van der Waals surface area contributed by atoms with Crippen molar-refractivity contribution in [1.82, 2.24) is 5.32 Å². The monoisotopic (exact) mass is 372 g/mol. The number of thiocarbonyl (C=S) groups is 1. The van der Waals surface area contributed by atoms with Gasteiger partial charge in [0.05, 0.1) is 27.0 Å². The van der Waals surface area contributed by atoms with Crippen molar-refractivity contribution in [3.63, 3.8) is 0 Å². The van der Waals surface area contributed by atoms with E-state index in [4.69, 9.17) is 26.4 Å². The van der Waals surface area contributed by atoms with Crippen LogP contribution in [0.3, 0.4) is 0 Å². The fourth-order valence-corrected chi connectivity index (χ4v) is 2.40. The largest absolute Gasteiger partial charge is 0.497 e. The number of benzene rings is 2. The van der Waals surface area contributed by atoms with Gasteiger partial charge in [0, 0.05) is 17.7 Å². The number of para-hydroxylation sites is 1. The van der Waals surface area contributed by atoms with Gasteiger partial charge in [-0.1, -0.05) is 18.2 Å². The normalized spacial score (nSPS) is 10.3. The Balaban J connectivity index is 2.01. The molecule has 136 valence electrons. The quantitative estimate of drug-likeness (QED) is 0.599. The first kappa shape index (κ1) is 19.3. The van der Waals surface area contributed by atoms with Gasteiger partial charge in [-0.15, -0.1) is 0 Å². The highest BCUT2D eigenvalue weighted by molar-refractivity contribution is 7.80. The van der Waals surface area contributed by atoms with E-state index in [1.54, 1.807) is 45.6 Å². The molecule has 0 spiro atoms. The van der Waals surface area contributed by atoms with Crippen LogP contribution in [0.4, 0.5) is 5.69 Å². The zero-order chi connectivity index (χ0) is 18.9. The SMILES string of the molecule is COc1ccc(OC)c(NC(=S)NC(=O)C=Cc2ccccc2OC)c1. The number of hydrogen-bond acceptors (Lipinski definition) is 5. The second kappa shape index (κ2) is 9.43. The number of carbonyl (C=O) groups is 1. The molecule has 0 aromatic heterocycles. The summed E-state index contributed by atoms with van der Waals surface area (Å²) in [6.45, 7) is 0. The topological polar surface area (TPSA) is 68.8 Å². The van der Waals surface area contributed by atoms with Gasteiger partial charge in [-0.25, -0.2) is 0 Å². The van der Waals surface area contributed by atoms with Crippen LogP contribution in [-0.4, -0.2) is 32.3 Å². The predicted octanol–water partition coefficient (Wildman–Crippen LogP) is 3.24. The highest BCUT2D eigenvalue weighted by Gasteiger charge is 2.08. The van der Waals surface area contributed by atoms with Crippen molar-refractivity contribution < 1.29 is 19.0 Å². The lowest BCUT2D eigenvalue weighted by Gasteiger charge is -2.13. The first-order valence-electron chi connectivity index (χ1n) is 7.72. The van der Waals surface area contributed by atoms with E-state index in [0.29, 0.717) is 22.9 Å². The smallest absolute Gasteiger partial charge is 0.250 e. The third-order valence-corrected chi connectivity index (χ3v) is 3.65. The Hall–Kier alpha value is -3.06. The second-order valence-corrected chi connectivity index (χ2v) is 5.49. The van der Waals surface area contributed by atoms with E-state index in [1.165, 1.54) is 6.08 Å². The van der Waals surface area contributed by atoms with Crippen LogP contribution < -0.4 is 24.8 Å². The fourth-order valence-electron chi connectivity index (χ4n) is 2.19. The van der Waals surface area contributed by atoms with E-state index >= 15 is 0 Å². The van der Waals surface area contributed by atoms with E-state index in [1.807, 2.05) is 24.3 Å². The number of rotatable bonds is 6. The van der Waals surface area contributed by atoms with Gasteiger partial charge in [0.2, 0.25) is 5.91 Å². The summed E-state index contributed by atoms with van der Waals surface area (Å²) in [5.74, 6) is 1.53. The minimum Gasteiger partial charge on any atom is -0.497 e. The molecule has 0 aliphatic rings.